The van der Waals surface area contributed by atoms with Gasteiger partial charge in [0.05, 0.1) is 26.2 Å². The first kappa shape index (κ1) is 14.9. The van der Waals surface area contributed by atoms with Gasteiger partial charge in [-0.1, -0.05) is 13.2 Å². The Morgan fingerprint density at radius 3 is 1.92 bits per heavy atom. The summed E-state index contributed by atoms with van der Waals surface area (Å²) < 4.78 is 0.865. The van der Waals surface area contributed by atoms with Crippen molar-refractivity contribution in [3.63, 3.8) is 0 Å². The minimum atomic E-state index is 0. The van der Waals surface area contributed by atoms with Crippen LogP contribution in [0, 0.1) is 7.43 Å². The molecule has 78 valence electrons. The highest BCUT2D eigenvalue weighted by Crippen LogP contribution is 2.05. The Balaban J connectivity index is 0. The number of nitrogens with zero attached hydrogens (tertiary/aromatic N) is 1. The third-order valence-electron chi connectivity index (χ3n) is 2.28. The van der Waals surface area contributed by atoms with E-state index in [0.29, 0.717) is 0 Å². The Morgan fingerprint density at radius 2 is 1.69 bits per heavy atom. The summed E-state index contributed by atoms with van der Waals surface area (Å²) in [5, 5.41) is 8.90. The molecule has 0 unspecified atom stereocenters. The molecule has 0 aromatic heterocycles. The zero-order valence-corrected chi connectivity index (χ0v) is 9.00. The van der Waals surface area contributed by atoms with E-state index >= 15 is 0 Å². The van der Waals surface area contributed by atoms with Crippen LogP contribution in [0.25, 0.3) is 0 Å². The Morgan fingerprint density at radius 1 is 1.23 bits per heavy atom. The van der Waals surface area contributed by atoms with Crippen molar-refractivity contribution in [2.75, 3.05) is 32.8 Å². The fourth-order valence-electron chi connectivity index (χ4n) is 1.43. The molecule has 0 radical (unpaired) electrons. The quantitative estimate of drug-likeness (QED) is 0.363. The number of hydrogen-bond acceptors (Lipinski definition) is 1. The zero-order chi connectivity index (χ0) is 9.45. The van der Waals surface area contributed by atoms with E-state index in [-0.39, 0.29) is 14.0 Å². The third kappa shape index (κ3) is 4.86. The van der Waals surface area contributed by atoms with Crippen LogP contribution in [0.1, 0.15) is 6.92 Å². The van der Waals surface area contributed by atoms with E-state index in [4.69, 9.17) is 5.11 Å². The summed E-state index contributed by atoms with van der Waals surface area (Å²) in [5.41, 5.74) is 0. The molecule has 2 nitrogen and oxygen atoms in total. The smallest absolute Gasteiger partial charge is 0.103 e. The molecule has 0 aromatic carbocycles. The molecule has 1 N–H and O–H groups in total. The van der Waals surface area contributed by atoms with Crippen molar-refractivity contribution < 1.29 is 9.59 Å². The normalized spacial score (nSPS) is 10.3. The summed E-state index contributed by atoms with van der Waals surface area (Å²) in [7, 11) is 0. The van der Waals surface area contributed by atoms with Crippen molar-refractivity contribution in [3.8, 4) is 0 Å². The van der Waals surface area contributed by atoms with Gasteiger partial charge >= 0.3 is 0 Å². The van der Waals surface area contributed by atoms with E-state index in [9.17, 15) is 0 Å². The second-order valence-electron chi connectivity index (χ2n) is 3.05. The second-order valence-corrected chi connectivity index (χ2v) is 3.05. The third-order valence-corrected chi connectivity index (χ3v) is 2.28. The molecule has 0 heterocycles. The highest BCUT2D eigenvalue weighted by atomic mass is 16.3. The van der Waals surface area contributed by atoms with Gasteiger partial charge < -0.3 is 17.0 Å². The topological polar surface area (TPSA) is 20.2 Å². The van der Waals surface area contributed by atoms with E-state index in [1.54, 1.807) is 0 Å². The van der Waals surface area contributed by atoms with Crippen LogP contribution < -0.4 is 0 Å². The summed E-state index contributed by atoms with van der Waals surface area (Å²) in [5.74, 6) is 0. The Labute approximate surface area is 82.8 Å². The number of rotatable bonds is 7. The second kappa shape index (κ2) is 8.02. The molecular weight excluding hydrogens is 162 g/mol. The standard InChI is InChI=1S/C10H20NO.CH3/c1-4-7-11(6-3,8-5-2)9-10-12;/h4-5,12H,1-2,6-10H2,3H3;1H3/q+1;-1. The SMILES string of the molecule is C=CC[N+](CC)(CC=C)CCO.[CH3-]. The average molecular weight is 185 g/mol. The van der Waals surface area contributed by atoms with Crippen molar-refractivity contribution >= 4 is 0 Å². The van der Waals surface area contributed by atoms with Gasteiger partial charge in [-0.05, 0) is 19.1 Å². The number of aliphatic hydroxyl groups excluding tert-OH is 1. The lowest BCUT2D eigenvalue weighted by Crippen LogP contribution is -2.49. The zero-order valence-electron chi connectivity index (χ0n) is 9.00. The number of quaternary nitrogens is 1. The van der Waals surface area contributed by atoms with Crippen molar-refractivity contribution in [1.82, 2.24) is 0 Å². The Kier molecular flexibility index (Phi) is 9.19. The van der Waals surface area contributed by atoms with Crippen LogP contribution in [0.5, 0.6) is 0 Å². The predicted octanol–water partition coefficient (Wildman–Crippen LogP) is 1.64. The van der Waals surface area contributed by atoms with E-state index in [1.165, 1.54) is 0 Å². The molecule has 0 saturated heterocycles. The summed E-state index contributed by atoms with van der Waals surface area (Å²) in [6.07, 6.45) is 3.81. The fraction of sp³-hybridized carbons (Fsp3) is 0.545. The van der Waals surface area contributed by atoms with Gasteiger partial charge in [-0.15, -0.1) is 0 Å². The van der Waals surface area contributed by atoms with E-state index < -0.39 is 0 Å². The van der Waals surface area contributed by atoms with E-state index in [2.05, 4.69) is 20.1 Å². The molecule has 0 rings (SSSR count). The summed E-state index contributed by atoms with van der Waals surface area (Å²) in [4.78, 5) is 0. The Hall–Kier alpha value is -0.600. The minimum absolute atomic E-state index is 0. The molecule has 0 fully saturated rings. The summed E-state index contributed by atoms with van der Waals surface area (Å²) in [6.45, 7) is 13.4. The molecule has 13 heavy (non-hydrogen) atoms. The van der Waals surface area contributed by atoms with Gasteiger partial charge in [0.2, 0.25) is 0 Å². The summed E-state index contributed by atoms with van der Waals surface area (Å²) in [6, 6.07) is 0. The number of hydrogen-bond donors (Lipinski definition) is 1. The maximum atomic E-state index is 8.90. The molecule has 0 aliphatic carbocycles. The molecule has 2 heteroatoms. The van der Waals surface area contributed by atoms with Crippen LogP contribution in [-0.2, 0) is 0 Å². The molecule has 0 aromatic rings. The van der Waals surface area contributed by atoms with Crippen LogP contribution in [0.4, 0.5) is 0 Å². The molecule has 0 amide bonds. The average Bonchev–Trinajstić information content (AvgIpc) is 2.06. The Bertz CT molecular complexity index is 133. The predicted molar refractivity (Wildman–Crippen MR) is 59.3 cm³/mol. The van der Waals surface area contributed by atoms with Gasteiger partial charge in [0.15, 0.2) is 0 Å². The highest BCUT2D eigenvalue weighted by Gasteiger charge is 2.20. The number of aliphatic hydroxyl groups is 1. The van der Waals surface area contributed by atoms with Gasteiger partial charge in [-0.25, -0.2) is 0 Å². The minimum Gasteiger partial charge on any atom is -0.391 e. The molecule has 0 aliphatic rings. The van der Waals surface area contributed by atoms with Crippen LogP contribution in [0.15, 0.2) is 25.3 Å². The van der Waals surface area contributed by atoms with Crippen molar-refractivity contribution in [1.29, 1.82) is 0 Å². The first-order valence-electron chi connectivity index (χ1n) is 4.42. The maximum Gasteiger partial charge on any atom is 0.103 e. The summed E-state index contributed by atoms with van der Waals surface area (Å²) >= 11 is 0. The van der Waals surface area contributed by atoms with Gasteiger partial charge in [0.1, 0.15) is 6.54 Å². The fourth-order valence-corrected chi connectivity index (χ4v) is 1.43. The van der Waals surface area contributed by atoms with Crippen LogP contribution in [-0.4, -0.2) is 42.4 Å². The van der Waals surface area contributed by atoms with Crippen molar-refractivity contribution in [2.24, 2.45) is 0 Å². The van der Waals surface area contributed by atoms with Gasteiger partial charge in [0, 0.05) is 0 Å². The van der Waals surface area contributed by atoms with Gasteiger partial charge in [0.25, 0.3) is 0 Å². The van der Waals surface area contributed by atoms with E-state index in [1.807, 2.05) is 12.2 Å². The van der Waals surface area contributed by atoms with Crippen LogP contribution in [0.2, 0.25) is 0 Å². The molecule has 0 bridgehead atoms. The first-order chi connectivity index (χ1) is 5.74. The van der Waals surface area contributed by atoms with Gasteiger partial charge in [-0.3, -0.25) is 0 Å². The number of likely N-dealkylation sites (N-methyl/N-ethyl adjacent to an activating group) is 1. The van der Waals surface area contributed by atoms with Crippen molar-refractivity contribution in [3.05, 3.63) is 32.7 Å². The molecular formula is C11H23NO. The lowest BCUT2D eigenvalue weighted by molar-refractivity contribution is -0.915. The highest BCUT2D eigenvalue weighted by molar-refractivity contribution is 4.71. The monoisotopic (exact) mass is 185 g/mol. The molecule has 0 atom stereocenters. The van der Waals surface area contributed by atoms with Crippen molar-refractivity contribution in [2.45, 2.75) is 6.92 Å². The largest absolute Gasteiger partial charge is 0.391 e. The van der Waals surface area contributed by atoms with Crippen LogP contribution in [0.3, 0.4) is 0 Å². The van der Waals surface area contributed by atoms with E-state index in [0.717, 1.165) is 30.7 Å². The molecule has 0 spiro atoms. The lowest BCUT2D eigenvalue weighted by Gasteiger charge is -2.35. The van der Waals surface area contributed by atoms with Crippen LogP contribution >= 0.6 is 0 Å². The molecule has 0 saturated carbocycles. The molecule has 0 aliphatic heterocycles. The maximum absolute atomic E-state index is 8.90. The first-order valence-corrected chi connectivity index (χ1v) is 4.42. The lowest BCUT2D eigenvalue weighted by atomic mass is 10.3. The van der Waals surface area contributed by atoms with Gasteiger partial charge in [-0.2, -0.15) is 0 Å².